The summed E-state index contributed by atoms with van der Waals surface area (Å²) >= 11 is 6.44. The number of ketones is 3. The topological polar surface area (TPSA) is 94.6 Å². The van der Waals surface area contributed by atoms with E-state index >= 15 is 0 Å². The van der Waals surface area contributed by atoms with Crippen molar-refractivity contribution < 1.29 is 27.5 Å². The Morgan fingerprint density at radius 2 is 1.76 bits per heavy atom. The predicted octanol–water partition coefficient (Wildman–Crippen LogP) is 3.57. The molecule has 3 rings (SSSR count). The standard InChI is InChI=1S/C21H25ClO6S/c1-21(2)9-15(23)18(16(24)10-21)20(25)13-7-8-17(29(3,26)27)14(19(13)22)11-28-12-5-4-6-12/h7-8,12,18H,4-6,9-11H2,1-3H3. The Kier molecular flexibility index (Phi) is 6.05. The average molecular weight is 441 g/mol. The molecule has 29 heavy (non-hydrogen) atoms. The first-order chi connectivity index (χ1) is 13.4. The number of halogens is 1. The van der Waals surface area contributed by atoms with E-state index < -0.39 is 38.5 Å². The summed E-state index contributed by atoms with van der Waals surface area (Å²) in [7, 11) is -3.61. The molecule has 0 aliphatic heterocycles. The van der Waals surface area contributed by atoms with Crippen LogP contribution in [0.2, 0.25) is 5.02 Å². The van der Waals surface area contributed by atoms with E-state index in [9.17, 15) is 22.8 Å². The van der Waals surface area contributed by atoms with E-state index in [0.29, 0.717) is 0 Å². The molecule has 0 unspecified atom stereocenters. The molecular weight excluding hydrogens is 416 g/mol. The van der Waals surface area contributed by atoms with Gasteiger partial charge in [0, 0.05) is 30.2 Å². The van der Waals surface area contributed by atoms with Gasteiger partial charge in [0.05, 0.1) is 22.6 Å². The second-order valence-corrected chi connectivity index (χ2v) is 11.1. The Morgan fingerprint density at radius 1 is 1.17 bits per heavy atom. The molecular formula is C21H25ClO6S. The van der Waals surface area contributed by atoms with Gasteiger partial charge in [-0.1, -0.05) is 25.4 Å². The van der Waals surface area contributed by atoms with Crippen LogP contribution in [0.4, 0.5) is 0 Å². The van der Waals surface area contributed by atoms with Gasteiger partial charge in [-0.15, -0.1) is 0 Å². The van der Waals surface area contributed by atoms with Crippen LogP contribution in [0.3, 0.4) is 0 Å². The minimum absolute atomic E-state index is 0.0131. The lowest BCUT2D eigenvalue weighted by molar-refractivity contribution is -0.137. The van der Waals surface area contributed by atoms with Crippen LogP contribution in [0.1, 0.15) is 61.9 Å². The summed E-state index contributed by atoms with van der Waals surface area (Å²) in [6, 6.07) is 2.59. The third kappa shape index (κ3) is 4.62. The monoisotopic (exact) mass is 440 g/mol. The van der Waals surface area contributed by atoms with Gasteiger partial charge in [0.2, 0.25) is 0 Å². The lowest BCUT2D eigenvalue weighted by Crippen LogP contribution is -2.42. The molecule has 0 bridgehead atoms. The summed E-state index contributed by atoms with van der Waals surface area (Å²) in [6.07, 6.45) is 4.21. The number of carbonyl (C=O) groups is 3. The molecule has 0 aromatic heterocycles. The second-order valence-electron chi connectivity index (χ2n) is 8.79. The van der Waals surface area contributed by atoms with Crippen LogP contribution in [0, 0.1) is 11.3 Å². The number of ether oxygens (including phenoxy) is 1. The molecule has 2 fully saturated rings. The van der Waals surface area contributed by atoms with Gasteiger partial charge >= 0.3 is 0 Å². The van der Waals surface area contributed by atoms with Gasteiger partial charge in [-0.2, -0.15) is 0 Å². The predicted molar refractivity (Wildman–Crippen MR) is 108 cm³/mol. The van der Waals surface area contributed by atoms with Gasteiger partial charge in [-0.25, -0.2) is 8.42 Å². The highest BCUT2D eigenvalue weighted by Crippen LogP contribution is 2.37. The third-order valence-corrected chi connectivity index (χ3v) is 7.21. The highest BCUT2D eigenvalue weighted by molar-refractivity contribution is 7.90. The minimum Gasteiger partial charge on any atom is -0.373 e. The number of sulfone groups is 1. The number of Topliss-reactive ketones (excluding diaryl/α,β-unsaturated/α-hetero) is 3. The summed E-state index contributed by atoms with van der Waals surface area (Å²) in [5.41, 5.74) is -0.294. The molecule has 0 atom stereocenters. The molecule has 0 heterocycles. The number of rotatable bonds is 6. The first-order valence-corrected chi connectivity index (χ1v) is 11.9. The molecule has 0 radical (unpaired) electrons. The van der Waals surface area contributed by atoms with Gasteiger partial charge in [0.15, 0.2) is 27.2 Å². The van der Waals surface area contributed by atoms with Crippen LogP contribution in [0.5, 0.6) is 0 Å². The van der Waals surface area contributed by atoms with Gasteiger partial charge in [-0.3, -0.25) is 14.4 Å². The molecule has 1 aromatic carbocycles. The maximum atomic E-state index is 13.1. The lowest BCUT2D eigenvalue weighted by atomic mass is 9.69. The third-order valence-electron chi connectivity index (χ3n) is 5.59. The molecule has 0 amide bonds. The highest BCUT2D eigenvalue weighted by Gasteiger charge is 2.44. The Balaban J connectivity index is 1.97. The van der Waals surface area contributed by atoms with Crippen LogP contribution in [0.15, 0.2) is 17.0 Å². The normalized spacial score (nSPS) is 20.6. The Labute approximate surface area is 175 Å². The number of hydrogen-bond acceptors (Lipinski definition) is 6. The SMILES string of the molecule is CC1(C)CC(=O)C(C(=O)c2ccc(S(C)(=O)=O)c(COC3CCC3)c2Cl)C(=O)C1. The van der Waals surface area contributed by atoms with Crippen LogP contribution in [0.25, 0.3) is 0 Å². The molecule has 2 saturated carbocycles. The Hall–Kier alpha value is -1.57. The van der Waals surface area contributed by atoms with E-state index in [0.717, 1.165) is 25.5 Å². The molecule has 0 saturated heterocycles. The molecule has 158 valence electrons. The van der Waals surface area contributed by atoms with Gasteiger partial charge in [0.25, 0.3) is 0 Å². The zero-order chi connectivity index (χ0) is 21.6. The summed E-state index contributed by atoms with van der Waals surface area (Å²) in [5.74, 6) is -2.91. The zero-order valence-corrected chi connectivity index (χ0v) is 18.4. The quantitative estimate of drug-likeness (QED) is 0.495. The highest BCUT2D eigenvalue weighted by atomic mass is 35.5. The molecule has 2 aliphatic carbocycles. The Bertz CT molecular complexity index is 955. The van der Waals surface area contributed by atoms with Crippen molar-refractivity contribution >= 4 is 38.8 Å². The molecule has 0 spiro atoms. The summed E-state index contributed by atoms with van der Waals surface area (Å²) in [6.45, 7) is 3.58. The number of carbonyl (C=O) groups excluding carboxylic acids is 3. The second kappa shape index (κ2) is 7.93. The van der Waals surface area contributed by atoms with Crippen molar-refractivity contribution in [1.29, 1.82) is 0 Å². The average Bonchev–Trinajstić information content (AvgIpc) is 2.51. The largest absolute Gasteiger partial charge is 0.373 e. The summed E-state index contributed by atoms with van der Waals surface area (Å²) in [5, 5.41) is -0.0670. The van der Waals surface area contributed by atoms with E-state index in [4.69, 9.17) is 16.3 Å². The Morgan fingerprint density at radius 3 is 2.24 bits per heavy atom. The number of hydrogen-bond donors (Lipinski definition) is 0. The summed E-state index contributed by atoms with van der Waals surface area (Å²) in [4.78, 5) is 38.1. The van der Waals surface area contributed by atoms with Crippen molar-refractivity contribution in [2.45, 2.75) is 63.6 Å². The van der Waals surface area contributed by atoms with Crippen molar-refractivity contribution in [2.24, 2.45) is 11.3 Å². The van der Waals surface area contributed by atoms with Crippen molar-refractivity contribution in [3.05, 3.63) is 28.3 Å². The first-order valence-electron chi connectivity index (χ1n) is 9.63. The van der Waals surface area contributed by atoms with Crippen LogP contribution < -0.4 is 0 Å². The summed E-state index contributed by atoms with van der Waals surface area (Å²) < 4.78 is 30.1. The van der Waals surface area contributed by atoms with E-state index in [1.54, 1.807) is 0 Å². The van der Waals surface area contributed by atoms with E-state index in [-0.39, 0.29) is 46.6 Å². The van der Waals surface area contributed by atoms with Crippen molar-refractivity contribution in [3.63, 3.8) is 0 Å². The molecule has 2 aliphatic rings. The van der Waals surface area contributed by atoms with Crippen LogP contribution in [-0.4, -0.2) is 38.1 Å². The van der Waals surface area contributed by atoms with Crippen molar-refractivity contribution in [3.8, 4) is 0 Å². The fourth-order valence-corrected chi connectivity index (χ4v) is 5.14. The maximum absolute atomic E-state index is 13.1. The zero-order valence-electron chi connectivity index (χ0n) is 16.8. The maximum Gasteiger partial charge on any atom is 0.182 e. The fourth-order valence-electron chi connectivity index (χ4n) is 3.85. The smallest absolute Gasteiger partial charge is 0.182 e. The van der Waals surface area contributed by atoms with Crippen molar-refractivity contribution in [1.82, 2.24) is 0 Å². The lowest BCUT2D eigenvalue weighted by Gasteiger charge is -2.31. The molecule has 8 heteroatoms. The molecule has 0 N–H and O–H groups in total. The number of benzene rings is 1. The van der Waals surface area contributed by atoms with Crippen molar-refractivity contribution in [2.75, 3.05) is 6.26 Å². The van der Waals surface area contributed by atoms with Gasteiger partial charge in [0.1, 0.15) is 5.92 Å². The van der Waals surface area contributed by atoms with E-state index in [1.165, 1.54) is 12.1 Å². The fraction of sp³-hybridized carbons (Fsp3) is 0.571. The van der Waals surface area contributed by atoms with Gasteiger partial charge in [-0.05, 0) is 36.8 Å². The minimum atomic E-state index is -3.61. The van der Waals surface area contributed by atoms with E-state index in [2.05, 4.69) is 0 Å². The first kappa shape index (κ1) is 22.1. The molecule has 1 aromatic rings. The molecule has 6 nitrogen and oxygen atoms in total. The van der Waals surface area contributed by atoms with E-state index in [1.807, 2.05) is 13.8 Å². The van der Waals surface area contributed by atoms with Crippen LogP contribution in [-0.2, 0) is 30.8 Å². The van der Waals surface area contributed by atoms with Crippen LogP contribution >= 0.6 is 11.6 Å². The van der Waals surface area contributed by atoms with Gasteiger partial charge < -0.3 is 4.74 Å².